The SMILES string of the molecule is CCC1CCCC(c2ncc([C@H](C)N)c(C)n2)C1. The van der Waals surface area contributed by atoms with Crippen LogP contribution < -0.4 is 5.73 Å². The smallest absolute Gasteiger partial charge is 0.131 e. The highest BCUT2D eigenvalue weighted by Gasteiger charge is 2.24. The third-order valence-corrected chi connectivity index (χ3v) is 4.25. The lowest BCUT2D eigenvalue weighted by molar-refractivity contribution is 0.307. The molecule has 100 valence electrons. The van der Waals surface area contributed by atoms with Gasteiger partial charge >= 0.3 is 0 Å². The molecule has 0 aromatic carbocycles. The number of nitrogens with two attached hydrogens (primary N) is 1. The summed E-state index contributed by atoms with van der Waals surface area (Å²) in [5, 5.41) is 0. The molecule has 3 atom stereocenters. The molecule has 0 bridgehead atoms. The first-order valence-electron chi connectivity index (χ1n) is 7.20. The van der Waals surface area contributed by atoms with Crippen molar-refractivity contribution in [2.45, 2.75) is 64.8 Å². The third kappa shape index (κ3) is 2.89. The van der Waals surface area contributed by atoms with Gasteiger partial charge in [-0.05, 0) is 32.6 Å². The largest absolute Gasteiger partial charge is 0.324 e. The zero-order chi connectivity index (χ0) is 13.1. The van der Waals surface area contributed by atoms with Crippen molar-refractivity contribution in [3.63, 3.8) is 0 Å². The molecule has 1 aliphatic rings. The van der Waals surface area contributed by atoms with Crippen LogP contribution in [0.3, 0.4) is 0 Å². The van der Waals surface area contributed by atoms with E-state index in [0.29, 0.717) is 5.92 Å². The molecule has 0 aliphatic heterocycles. The molecule has 1 aromatic heterocycles. The minimum atomic E-state index is 0.0220. The highest BCUT2D eigenvalue weighted by Crippen LogP contribution is 2.36. The van der Waals surface area contributed by atoms with Crippen molar-refractivity contribution in [2.75, 3.05) is 0 Å². The van der Waals surface area contributed by atoms with Gasteiger partial charge in [-0.1, -0.05) is 26.2 Å². The van der Waals surface area contributed by atoms with E-state index in [1.807, 2.05) is 20.0 Å². The zero-order valence-electron chi connectivity index (χ0n) is 11.8. The molecule has 3 nitrogen and oxygen atoms in total. The second kappa shape index (κ2) is 5.79. The number of rotatable bonds is 3. The molecule has 0 amide bonds. The topological polar surface area (TPSA) is 51.8 Å². The maximum atomic E-state index is 5.91. The van der Waals surface area contributed by atoms with Crippen LogP contribution in [0.5, 0.6) is 0 Å². The highest BCUT2D eigenvalue weighted by atomic mass is 14.9. The van der Waals surface area contributed by atoms with Crippen LogP contribution >= 0.6 is 0 Å². The van der Waals surface area contributed by atoms with Crippen molar-refractivity contribution in [3.05, 3.63) is 23.3 Å². The van der Waals surface area contributed by atoms with Crippen LogP contribution in [0.25, 0.3) is 0 Å². The molecule has 2 rings (SSSR count). The summed E-state index contributed by atoms with van der Waals surface area (Å²) in [5.74, 6) is 2.46. The van der Waals surface area contributed by atoms with E-state index in [2.05, 4.69) is 11.9 Å². The highest BCUT2D eigenvalue weighted by molar-refractivity contribution is 5.20. The Morgan fingerprint density at radius 3 is 2.83 bits per heavy atom. The normalized spacial score (nSPS) is 26.0. The van der Waals surface area contributed by atoms with Gasteiger partial charge < -0.3 is 5.73 Å². The molecule has 18 heavy (non-hydrogen) atoms. The molecule has 3 heteroatoms. The Hall–Kier alpha value is -0.960. The number of aryl methyl sites for hydroxylation is 1. The second-order valence-electron chi connectivity index (χ2n) is 5.70. The van der Waals surface area contributed by atoms with Gasteiger partial charge in [0, 0.05) is 29.4 Å². The van der Waals surface area contributed by atoms with Crippen molar-refractivity contribution in [1.29, 1.82) is 0 Å². The molecule has 1 saturated carbocycles. The maximum Gasteiger partial charge on any atom is 0.131 e. The lowest BCUT2D eigenvalue weighted by Crippen LogP contribution is -2.17. The summed E-state index contributed by atoms with van der Waals surface area (Å²) in [6.45, 7) is 6.32. The van der Waals surface area contributed by atoms with E-state index in [-0.39, 0.29) is 6.04 Å². The van der Waals surface area contributed by atoms with E-state index in [0.717, 1.165) is 23.0 Å². The van der Waals surface area contributed by atoms with E-state index in [4.69, 9.17) is 10.7 Å². The van der Waals surface area contributed by atoms with Crippen molar-refractivity contribution < 1.29 is 0 Å². The van der Waals surface area contributed by atoms with Gasteiger partial charge in [0.2, 0.25) is 0 Å². The zero-order valence-corrected chi connectivity index (χ0v) is 11.8. The fraction of sp³-hybridized carbons (Fsp3) is 0.733. The number of hydrogen-bond donors (Lipinski definition) is 1. The Bertz CT molecular complexity index is 401. The Balaban J connectivity index is 2.16. The first kappa shape index (κ1) is 13.5. The number of hydrogen-bond acceptors (Lipinski definition) is 3. The minimum absolute atomic E-state index is 0.0220. The predicted molar refractivity (Wildman–Crippen MR) is 74.4 cm³/mol. The van der Waals surface area contributed by atoms with Gasteiger partial charge in [0.05, 0.1) is 0 Å². The van der Waals surface area contributed by atoms with Crippen LogP contribution in [-0.4, -0.2) is 9.97 Å². The summed E-state index contributed by atoms with van der Waals surface area (Å²) < 4.78 is 0. The Kier molecular flexibility index (Phi) is 4.33. The monoisotopic (exact) mass is 247 g/mol. The van der Waals surface area contributed by atoms with Gasteiger partial charge in [-0.3, -0.25) is 0 Å². The van der Waals surface area contributed by atoms with Gasteiger partial charge in [-0.2, -0.15) is 0 Å². The Morgan fingerprint density at radius 2 is 2.22 bits per heavy atom. The van der Waals surface area contributed by atoms with Crippen molar-refractivity contribution in [3.8, 4) is 0 Å². The molecule has 1 fully saturated rings. The van der Waals surface area contributed by atoms with Gasteiger partial charge in [0.1, 0.15) is 5.82 Å². The summed E-state index contributed by atoms with van der Waals surface area (Å²) >= 11 is 0. The summed E-state index contributed by atoms with van der Waals surface area (Å²) in [6, 6.07) is 0.0220. The van der Waals surface area contributed by atoms with E-state index >= 15 is 0 Å². The average molecular weight is 247 g/mol. The van der Waals surface area contributed by atoms with Crippen LogP contribution in [0.1, 0.15) is 75.0 Å². The lowest BCUT2D eigenvalue weighted by atomic mass is 9.80. The van der Waals surface area contributed by atoms with Crippen LogP contribution in [0.15, 0.2) is 6.20 Å². The molecule has 1 aromatic rings. The molecular weight excluding hydrogens is 222 g/mol. The fourth-order valence-corrected chi connectivity index (χ4v) is 3.03. The molecule has 1 heterocycles. The quantitative estimate of drug-likeness (QED) is 0.889. The standard InChI is InChI=1S/C15H25N3/c1-4-12-6-5-7-13(8-12)15-17-9-14(10(2)16)11(3)18-15/h9-10,12-13H,4-8,16H2,1-3H3/t10-,12?,13?/m0/s1. The molecule has 2 unspecified atom stereocenters. The van der Waals surface area contributed by atoms with Crippen molar-refractivity contribution >= 4 is 0 Å². The number of aromatic nitrogens is 2. The summed E-state index contributed by atoms with van der Waals surface area (Å²) in [4.78, 5) is 9.26. The van der Waals surface area contributed by atoms with Gasteiger partial charge in [-0.15, -0.1) is 0 Å². The third-order valence-electron chi connectivity index (χ3n) is 4.25. The van der Waals surface area contributed by atoms with E-state index in [9.17, 15) is 0 Å². The van der Waals surface area contributed by atoms with Crippen LogP contribution in [0.2, 0.25) is 0 Å². The Labute approximate surface area is 110 Å². The van der Waals surface area contributed by atoms with E-state index < -0.39 is 0 Å². The maximum absolute atomic E-state index is 5.91. The predicted octanol–water partition coefficient (Wildman–Crippen LogP) is 3.49. The van der Waals surface area contributed by atoms with Gasteiger partial charge in [0.15, 0.2) is 0 Å². The first-order valence-corrected chi connectivity index (χ1v) is 7.20. The lowest BCUT2D eigenvalue weighted by Gasteiger charge is -2.27. The molecule has 2 N–H and O–H groups in total. The van der Waals surface area contributed by atoms with Gasteiger partial charge in [-0.25, -0.2) is 9.97 Å². The van der Waals surface area contributed by atoms with Crippen LogP contribution in [0, 0.1) is 12.8 Å². The number of nitrogens with zero attached hydrogens (tertiary/aromatic N) is 2. The molecule has 1 aliphatic carbocycles. The molecule has 0 radical (unpaired) electrons. The average Bonchev–Trinajstić information content (AvgIpc) is 2.38. The van der Waals surface area contributed by atoms with Gasteiger partial charge in [0.25, 0.3) is 0 Å². The van der Waals surface area contributed by atoms with E-state index in [1.165, 1.54) is 32.1 Å². The minimum Gasteiger partial charge on any atom is -0.324 e. The summed E-state index contributed by atoms with van der Waals surface area (Å²) in [6.07, 6.45) is 8.41. The Morgan fingerprint density at radius 1 is 1.44 bits per heavy atom. The van der Waals surface area contributed by atoms with Crippen LogP contribution in [0.4, 0.5) is 0 Å². The molecule has 0 spiro atoms. The fourth-order valence-electron chi connectivity index (χ4n) is 3.03. The molecular formula is C15H25N3. The first-order chi connectivity index (χ1) is 8.61. The van der Waals surface area contributed by atoms with Crippen LogP contribution in [-0.2, 0) is 0 Å². The summed E-state index contributed by atoms with van der Waals surface area (Å²) in [7, 11) is 0. The molecule has 0 saturated heterocycles. The van der Waals surface area contributed by atoms with Crippen molar-refractivity contribution in [2.24, 2.45) is 11.7 Å². The second-order valence-corrected chi connectivity index (χ2v) is 5.70. The van der Waals surface area contributed by atoms with Crippen molar-refractivity contribution in [1.82, 2.24) is 9.97 Å². The summed E-state index contributed by atoms with van der Waals surface area (Å²) in [5.41, 5.74) is 8.03. The van der Waals surface area contributed by atoms with E-state index in [1.54, 1.807) is 0 Å².